The molecule has 0 spiro atoms. The second kappa shape index (κ2) is 8.21. The predicted molar refractivity (Wildman–Crippen MR) is 117 cm³/mol. The molecule has 0 atom stereocenters. The van der Waals surface area contributed by atoms with E-state index < -0.39 is 0 Å². The first-order chi connectivity index (χ1) is 13.1. The first-order valence-corrected chi connectivity index (χ1v) is 11.3. The molecule has 0 radical (unpaired) electrons. The second-order valence-corrected chi connectivity index (χ2v) is 9.55. The van der Waals surface area contributed by atoms with Crippen LogP contribution in [0.1, 0.15) is 80.9 Å². The molecule has 4 rings (SSSR count). The highest BCUT2D eigenvalue weighted by molar-refractivity contribution is 5.65. The largest absolute Gasteiger partial charge is 0.0625 e. The monoisotopic (exact) mass is 360 g/mol. The lowest BCUT2D eigenvalue weighted by Gasteiger charge is -2.37. The summed E-state index contributed by atoms with van der Waals surface area (Å²) in [5.41, 5.74) is 7.02. The van der Waals surface area contributed by atoms with Gasteiger partial charge in [0.05, 0.1) is 0 Å². The average Bonchev–Trinajstić information content (AvgIpc) is 2.71. The standard InChI is InChI=1S/C27H36/c1-19-4-7-22(8-5-19)23-10-12-24(13-11-23)25-14-16-26(17-15-25)27-9-6-20(2)21(3)18-27/h6,9,14-19,22-24H,4-5,7-8,10-13H2,1-3H3. The van der Waals surface area contributed by atoms with Crippen LogP contribution in [0.3, 0.4) is 0 Å². The molecule has 0 aromatic heterocycles. The number of aryl methyl sites for hydroxylation is 2. The summed E-state index contributed by atoms with van der Waals surface area (Å²) in [4.78, 5) is 0. The van der Waals surface area contributed by atoms with Crippen LogP contribution in [-0.4, -0.2) is 0 Å². The van der Waals surface area contributed by atoms with Gasteiger partial charge in [0, 0.05) is 0 Å². The van der Waals surface area contributed by atoms with Gasteiger partial charge in [-0.05, 0) is 104 Å². The van der Waals surface area contributed by atoms with Gasteiger partial charge in [-0.2, -0.15) is 0 Å². The Morgan fingerprint density at radius 2 is 1.15 bits per heavy atom. The summed E-state index contributed by atoms with van der Waals surface area (Å²) >= 11 is 0. The molecule has 2 aliphatic rings. The molecule has 0 heterocycles. The second-order valence-electron chi connectivity index (χ2n) is 9.55. The van der Waals surface area contributed by atoms with E-state index in [-0.39, 0.29) is 0 Å². The fraction of sp³-hybridized carbons (Fsp3) is 0.556. The van der Waals surface area contributed by atoms with E-state index in [0.717, 1.165) is 23.7 Å². The van der Waals surface area contributed by atoms with Gasteiger partial charge in [0.15, 0.2) is 0 Å². The maximum Gasteiger partial charge on any atom is -0.0162 e. The van der Waals surface area contributed by atoms with Crippen LogP contribution in [0.4, 0.5) is 0 Å². The summed E-state index contributed by atoms with van der Waals surface area (Å²) < 4.78 is 0. The van der Waals surface area contributed by atoms with Gasteiger partial charge in [-0.15, -0.1) is 0 Å². The Morgan fingerprint density at radius 1 is 0.593 bits per heavy atom. The van der Waals surface area contributed by atoms with Crippen LogP contribution < -0.4 is 0 Å². The Labute approximate surface area is 166 Å². The van der Waals surface area contributed by atoms with E-state index >= 15 is 0 Å². The van der Waals surface area contributed by atoms with E-state index in [1.54, 1.807) is 5.56 Å². The van der Waals surface area contributed by atoms with Crippen molar-refractivity contribution in [1.82, 2.24) is 0 Å². The third-order valence-electron chi connectivity index (χ3n) is 7.72. The lowest BCUT2D eigenvalue weighted by molar-refractivity contribution is 0.165. The topological polar surface area (TPSA) is 0 Å². The van der Waals surface area contributed by atoms with Crippen LogP contribution in [0.5, 0.6) is 0 Å². The van der Waals surface area contributed by atoms with Crippen molar-refractivity contribution in [2.45, 2.75) is 78.1 Å². The Morgan fingerprint density at radius 3 is 1.74 bits per heavy atom. The molecule has 27 heavy (non-hydrogen) atoms. The molecule has 0 amide bonds. The smallest absolute Gasteiger partial charge is 0.0162 e. The highest BCUT2D eigenvalue weighted by atomic mass is 14.4. The van der Waals surface area contributed by atoms with Crippen molar-refractivity contribution in [3.8, 4) is 11.1 Å². The number of rotatable bonds is 3. The average molecular weight is 361 g/mol. The number of benzene rings is 2. The molecule has 0 bridgehead atoms. The molecule has 0 heteroatoms. The molecule has 0 nitrogen and oxygen atoms in total. The van der Waals surface area contributed by atoms with Crippen molar-refractivity contribution in [2.24, 2.45) is 17.8 Å². The molecular formula is C27H36. The number of hydrogen-bond acceptors (Lipinski definition) is 0. The van der Waals surface area contributed by atoms with Crippen molar-refractivity contribution in [2.75, 3.05) is 0 Å². The highest BCUT2D eigenvalue weighted by Gasteiger charge is 2.30. The molecule has 144 valence electrons. The van der Waals surface area contributed by atoms with Crippen molar-refractivity contribution in [3.05, 3.63) is 59.2 Å². The molecule has 2 saturated carbocycles. The summed E-state index contributed by atoms with van der Waals surface area (Å²) in [5.74, 6) is 3.82. The molecule has 0 aliphatic heterocycles. The highest BCUT2D eigenvalue weighted by Crippen LogP contribution is 2.44. The van der Waals surface area contributed by atoms with Crippen molar-refractivity contribution < 1.29 is 0 Å². The van der Waals surface area contributed by atoms with E-state index in [1.165, 1.54) is 73.6 Å². The first kappa shape index (κ1) is 18.8. The van der Waals surface area contributed by atoms with Gasteiger partial charge in [0.2, 0.25) is 0 Å². The third-order valence-corrected chi connectivity index (χ3v) is 7.72. The van der Waals surface area contributed by atoms with Crippen LogP contribution in [0, 0.1) is 31.6 Å². The normalized spacial score (nSPS) is 28.9. The van der Waals surface area contributed by atoms with Gasteiger partial charge in [0.1, 0.15) is 0 Å². The van der Waals surface area contributed by atoms with Crippen molar-refractivity contribution >= 4 is 0 Å². The van der Waals surface area contributed by atoms with Gasteiger partial charge in [-0.3, -0.25) is 0 Å². The molecule has 0 saturated heterocycles. The molecule has 2 aliphatic carbocycles. The molecule has 0 unspecified atom stereocenters. The lowest BCUT2D eigenvalue weighted by Crippen LogP contribution is -2.24. The van der Waals surface area contributed by atoms with Crippen molar-refractivity contribution in [3.63, 3.8) is 0 Å². The molecular weight excluding hydrogens is 324 g/mol. The minimum atomic E-state index is 0.789. The maximum atomic E-state index is 2.44. The Hall–Kier alpha value is -1.56. The van der Waals surface area contributed by atoms with Gasteiger partial charge in [-0.25, -0.2) is 0 Å². The summed E-state index contributed by atoms with van der Waals surface area (Å²) in [6.45, 7) is 6.83. The van der Waals surface area contributed by atoms with E-state index in [9.17, 15) is 0 Å². The predicted octanol–water partition coefficient (Wildman–Crippen LogP) is 8.07. The molecule has 2 aromatic carbocycles. The summed E-state index contributed by atoms with van der Waals surface area (Å²) in [7, 11) is 0. The van der Waals surface area contributed by atoms with E-state index in [1.807, 2.05) is 0 Å². The van der Waals surface area contributed by atoms with Crippen LogP contribution in [0.2, 0.25) is 0 Å². The van der Waals surface area contributed by atoms with Crippen LogP contribution in [-0.2, 0) is 0 Å². The zero-order chi connectivity index (χ0) is 18.8. The SMILES string of the molecule is Cc1ccc(-c2ccc(C3CCC(C4CCC(C)CC4)CC3)cc2)cc1C. The fourth-order valence-corrected chi connectivity index (χ4v) is 5.55. The fourth-order valence-electron chi connectivity index (χ4n) is 5.55. The zero-order valence-electron chi connectivity index (χ0n) is 17.5. The van der Waals surface area contributed by atoms with Gasteiger partial charge >= 0.3 is 0 Å². The minimum absolute atomic E-state index is 0.789. The van der Waals surface area contributed by atoms with Gasteiger partial charge < -0.3 is 0 Å². The Balaban J connectivity index is 1.36. The molecule has 0 N–H and O–H groups in total. The molecule has 2 fully saturated rings. The van der Waals surface area contributed by atoms with Gasteiger partial charge in [-0.1, -0.05) is 62.2 Å². The zero-order valence-corrected chi connectivity index (χ0v) is 17.5. The molecule has 2 aromatic rings. The summed E-state index contributed by atoms with van der Waals surface area (Å²) in [6.07, 6.45) is 11.7. The van der Waals surface area contributed by atoms with Crippen LogP contribution in [0.15, 0.2) is 42.5 Å². The van der Waals surface area contributed by atoms with Crippen LogP contribution in [0.25, 0.3) is 11.1 Å². The Bertz CT molecular complexity index is 738. The van der Waals surface area contributed by atoms with Crippen LogP contribution >= 0.6 is 0 Å². The van der Waals surface area contributed by atoms with Gasteiger partial charge in [0.25, 0.3) is 0 Å². The first-order valence-electron chi connectivity index (χ1n) is 11.3. The third kappa shape index (κ3) is 4.31. The Kier molecular flexibility index (Phi) is 5.71. The summed E-state index contributed by atoms with van der Waals surface area (Å²) in [6, 6.07) is 16.3. The van der Waals surface area contributed by atoms with Crippen molar-refractivity contribution in [1.29, 1.82) is 0 Å². The quantitative estimate of drug-likeness (QED) is 0.519. The maximum absolute atomic E-state index is 2.44. The lowest BCUT2D eigenvalue weighted by atomic mass is 9.68. The van der Waals surface area contributed by atoms with E-state index in [0.29, 0.717) is 0 Å². The minimum Gasteiger partial charge on any atom is -0.0625 e. The summed E-state index contributed by atoms with van der Waals surface area (Å²) in [5, 5.41) is 0. The number of hydrogen-bond donors (Lipinski definition) is 0. The van der Waals surface area contributed by atoms with E-state index in [4.69, 9.17) is 0 Å². The van der Waals surface area contributed by atoms with E-state index in [2.05, 4.69) is 63.2 Å².